The summed E-state index contributed by atoms with van der Waals surface area (Å²) in [5.41, 5.74) is 0. The molecule has 2 saturated heterocycles. The Morgan fingerprint density at radius 2 is 1.79 bits per heavy atom. The fourth-order valence-electron chi connectivity index (χ4n) is 3.10. The van der Waals surface area contributed by atoms with Crippen molar-refractivity contribution in [3.63, 3.8) is 0 Å². The second kappa shape index (κ2) is 4.85. The summed E-state index contributed by atoms with van der Waals surface area (Å²) in [6.45, 7) is 0. The quantitative estimate of drug-likeness (QED) is 0.882. The molecule has 1 aromatic rings. The summed E-state index contributed by atoms with van der Waals surface area (Å²) in [7, 11) is -3.76. The van der Waals surface area contributed by atoms with Crippen molar-refractivity contribution >= 4 is 10.0 Å². The Hall–Kier alpha value is -0.980. The number of benzene rings is 1. The Balaban J connectivity index is 1.77. The Morgan fingerprint density at radius 3 is 2.42 bits per heavy atom. The van der Waals surface area contributed by atoms with Gasteiger partial charge in [0.1, 0.15) is 10.7 Å². The third kappa shape index (κ3) is 2.66. The van der Waals surface area contributed by atoms with Crippen molar-refractivity contribution in [1.29, 1.82) is 0 Å². The van der Waals surface area contributed by atoms with Gasteiger partial charge in [0.15, 0.2) is 0 Å². The van der Waals surface area contributed by atoms with Crippen LogP contribution in [0.3, 0.4) is 0 Å². The predicted molar refractivity (Wildman–Crippen MR) is 69.7 cm³/mol. The lowest BCUT2D eigenvalue weighted by Gasteiger charge is -2.29. The minimum absolute atomic E-state index is 0.0941. The molecule has 104 valence electrons. The highest BCUT2D eigenvalue weighted by Gasteiger charge is 2.35. The lowest BCUT2D eigenvalue weighted by Crippen LogP contribution is -2.48. The van der Waals surface area contributed by atoms with Gasteiger partial charge in [-0.3, -0.25) is 0 Å². The van der Waals surface area contributed by atoms with E-state index in [0.717, 1.165) is 25.7 Å². The zero-order chi connectivity index (χ0) is 13.5. The fourth-order valence-corrected chi connectivity index (χ4v) is 4.44. The molecule has 19 heavy (non-hydrogen) atoms. The second-order valence-electron chi connectivity index (χ2n) is 5.36. The van der Waals surface area contributed by atoms with E-state index in [1.807, 2.05) is 0 Å². The highest BCUT2D eigenvalue weighted by molar-refractivity contribution is 7.89. The number of rotatable bonds is 3. The molecule has 2 aliphatic heterocycles. The molecule has 2 N–H and O–H groups in total. The van der Waals surface area contributed by atoms with Crippen LogP contribution in [-0.4, -0.2) is 26.5 Å². The highest BCUT2D eigenvalue weighted by atomic mass is 32.2. The molecule has 4 nitrogen and oxygen atoms in total. The van der Waals surface area contributed by atoms with Gasteiger partial charge in [0.25, 0.3) is 0 Å². The van der Waals surface area contributed by atoms with Crippen molar-refractivity contribution in [3.8, 4) is 0 Å². The first-order chi connectivity index (χ1) is 9.04. The average molecular weight is 284 g/mol. The van der Waals surface area contributed by atoms with Gasteiger partial charge in [-0.2, -0.15) is 0 Å². The summed E-state index contributed by atoms with van der Waals surface area (Å²) in [5, 5.41) is 3.45. The van der Waals surface area contributed by atoms with Crippen LogP contribution in [0.1, 0.15) is 25.7 Å². The number of fused-ring (bicyclic) bond motifs is 2. The maximum Gasteiger partial charge on any atom is 0.243 e. The van der Waals surface area contributed by atoms with Gasteiger partial charge in [-0.05, 0) is 37.8 Å². The second-order valence-corrected chi connectivity index (χ2v) is 7.04. The average Bonchev–Trinajstić information content (AvgIpc) is 2.68. The molecule has 0 spiro atoms. The largest absolute Gasteiger partial charge is 0.311 e. The monoisotopic (exact) mass is 284 g/mol. The molecule has 2 atom stereocenters. The van der Waals surface area contributed by atoms with Crippen molar-refractivity contribution in [2.75, 3.05) is 0 Å². The summed E-state index contributed by atoms with van der Waals surface area (Å²) in [6, 6.07) is 6.18. The zero-order valence-electron chi connectivity index (χ0n) is 10.5. The third-order valence-electron chi connectivity index (χ3n) is 3.92. The lowest BCUT2D eigenvalue weighted by molar-refractivity contribution is 0.345. The van der Waals surface area contributed by atoms with Crippen LogP contribution in [0.4, 0.5) is 4.39 Å². The van der Waals surface area contributed by atoms with Gasteiger partial charge in [-0.1, -0.05) is 12.1 Å². The summed E-state index contributed by atoms with van der Waals surface area (Å²) in [4.78, 5) is -0.263. The van der Waals surface area contributed by atoms with Gasteiger partial charge in [0, 0.05) is 18.1 Å². The van der Waals surface area contributed by atoms with Crippen molar-refractivity contribution in [2.45, 2.75) is 48.7 Å². The molecule has 6 heteroatoms. The molecule has 0 radical (unpaired) electrons. The van der Waals surface area contributed by atoms with Crippen LogP contribution in [0.15, 0.2) is 29.2 Å². The molecule has 0 saturated carbocycles. The first-order valence-electron chi connectivity index (χ1n) is 6.57. The SMILES string of the molecule is O=S(=O)(NC1CC2CCC(C1)N2)c1ccccc1F. The minimum atomic E-state index is -3.76. The number of hydrogen-bond donors (Lipinski definition) is 2. The van der Waals surface area contributed by atoms with E-state index in [-0.39, 0.29) is 10.9 Å². The molecule has 3 rings (SSSR count). The van der Waals surface area contributed by atoms with Crippen molar-refractivity contribution < 1.29 is 12.8 Å². The Labute approximate surface area is 112 Å². The van der Waals surface area contributed by atoms with E-state index in [9.17, 15) is 12.8 Å². The van der Waals surface area contributed by atoms with E-state index >= 15 is 0 Å². The molecule has 2 bridgehead atoms. The van der Waals surface area contributed by atoms with Crippen molar-refractivity contribution in [3.05, 3.63) is 30.1 Å². The van der Waals surface area contributed by atoms with Crippen molar-refractivity contribution in [2.24, 2.45) is 0 Å². The van der Waals surface area contributed by atoms with Crippen LogP contribution >= 0.6 is 0 Å². The van der Waals surface area contributed by atoms with Crippen LogP contribution in [0, 0.1) is 5.82 Å². The Bertz CT molecular complexity index is 564. The van der Waals surface area contributed by atoms with Crippen LogP contribution in [-0.2, 0) is 10.0 Å². The number of nitrogens with one attached hydrogen (secondary N) is 2. The van der Waals surface area contributed by atoms with E-state index in [1.54, 1.807) is 0 Å². The fraction of sp³-hybridized carbons (Fsp3) is 0.538. The predicted octanol–water partition coefficient (Wildman–Crippen LogP) is 1.39. The van der Waals surface area contributed by atoms with Gasteiger partial charge in [0.05, 0.1) is 0 Å². The molecule has 2 heterocycles. The first kappa shape index (κ1) is 13.0. The molecular formula is C13H17FN2O2S. The normalized spacial score (nSPS) is 30.5. The highest BCUT2D eigenvalue weighted by Crippen LogP contribution is 2.27. The standard InChI is InChI=1S/C13H17FN2O2S/c14-12-3-1-2-4-13(12)19(17,18)16-11-7-9-5-6-10(8-11)15-9/h1-4,9-11,15-16H,5-8H2. The van der Waals surface area contributed by atoms with Crippen molar-refractivity contribution in [1.82, 2.24) is 10.0 Å². The molecule has 0 amide bonds. The molecule has 0 aromatic heterocycles. The molecule has 2 unspecified atom stereocenters. The summed E-state index contributed by atoms with van der Waals surface area (Å²) >= 11 is 0. The van der Waals surface area contributed by atoms with Gasteiger partial charge in [-0.25, -0.2) is 17.5 Å². The number of halogens is 1. The summed E-state index contributed by atoms with van der Waals surface area (Å²) in [6.07, 6.45) is 3.76. The first-order valence-corrected chi connectivity index (χ1v) is 8.06. The summed E-state index contributed by atoms with van der Waals surface area (Å²) < 4.78 is 40.6. The van der Waals surface area contributed by atoms with E-state index < -0.39 is 15.8 Å². The van der Waals surface area contributed by atoms with E-state index in [1.165, 1.54) is 24.3 Å². The smallest absolute Gasteiger partial charge is 0.243 e. The Morgan fingerprint density at radius 1 is 1.16 bits per heavy atom. The van der Waals surface area contributed by atoms with Crippen LogP contribution in [0.25, 0.3) is 0 Å². The molecular weight excluding hydrogens is 267 g/mol. The summed E-state index contributed by atoms with van der Waals surface area (Å²) in [5.74, 6) is -0.702. The van der Waals surface area contributed by atoms with Gasteiger partial charge in [-0.15, -0.1) is 0 Å². The van der Waals surface area contributed by atoms with Crippen LogP contribution in [0.2, 0.25) is 0 Å². The van der Waals surface area contributed by atoms with Gasteiger partial charge in [0.2, 0.25) is 10.0 Å². The maximum atomic E-state index is 13.6. The number of sulfonamides is 1. The molecule has 2 fully saturated rings. The molecule has 2 aliphatic rings. The molecule has 0 aliphatic carbocycles. The topological polar surface area (TPSA) is 58.2 Å². The minimum Gasteiger partial charge on any atom is -0.311 e. The Kier molecular flexibility index (Phi) is 3.32. The van der Waals surface area contributed by atoms with Crippen LogP contribution in [0.5, 0.6) is 0 Å². The van der Waals surface area contributed by atoms with E-state index in [2.05, 4.69) is 10.0 Å². The maximum absolute atomic E-state index is 13.6. The lowest BCUT2D eigenvalue weighted by atomic mass is 10.0. The van der Waals surface area contributed by atoms with E-state index in [0.29, 0.717) is 12.1 Å². The number of piperidine rings is 1. The van der Waals surface area contributed by atoms with Crippen LogP contribution < -0.4 is 10.0 Å². The molecule has 1 aromatic carbocycles. The van der Waals surface area contributed by atoms with E-state index in [4.69, 9.17) is 0 Å². The third-order valence-corrected chi connectivity index (χ3v) is 5.47. The van der Waals surface area contributed by atoms with Gasteiger partial charge >= 0.3 is 0 Å². The van der Waals surface area contributed by atoms with Gasteiger partial charge < -0.3 is 5.32 Å². The zero-order valence-corrected chi connectivity index (χ0v) is 11.3. The number of hydrogen-bond acceptors (Lipinski definition) is 3.